The van der Waals surface area contributed by atoms with Gasteiger partial charge in [0.25, 0.3) is 0 Å². The Kier molecular flexibility index (Phi) is 2.77. The minimum absolute atomic E-state index is 0.449. The van der Waals surface area contributed by atoms with Crippen LogP contribution in [-0.2, 0) is 0 Å². The Morgan fingerprint density at radius 1 is 1.38 bits per heavy atom. The third kappa shape index (κ3) is 1.80. The molecule has 1 atom stereocenters. The summed E-state index contributed by atoms with van der Waals surface area (Å²) in [5.74, 6) is 2.14. The van der Waals surface area contributed by atoms with Crippen LogP contribution in [0.5, 0.6) is 0 Å². The maximum atomic E-state index is 6.06. The average Bonchev–Trinajstić information content (AvgIpc) is 2.76. The summed E-state index contributed by atoms with van der Waals surface area (Å²) in [6, 6.07) is 5.68. The molecule has 3 rings (SSSR count). The van der Waals surface area contributed by atoms with Gasteiger partial charge in [0, 0.05) is 0 Å². The van der Waals surface area contributed by atoms with Crippen LogP contribution >= 0.6 is 23.4 Å². The maximum Gasteiger partial charge on any atom is 0.164 e. The second kappa shape index (κ2) is 4.26. The molecule has 16 heavy (non-hydrogen) atoms. The van der Waals surface area contributed by atoms with Crippen molar-refractivity contribution >= 4 is 29.0 Å². The lowest BCUT2D eigenvalue weighted by molar-refractivity contribution is 0.661. The van der Waals surface area contributed by atoms with E-state index in [2.05, 4.69) is 10.1 Å². The maximum absolute atomic E-state index is 6.06. The molecular weight excluding hydrogens is 242 g/mol. The molecule has 2 aromatic rings. The third-order valence-corrected chi connectivity index (χ3v) is 4.46. The zero-order chi connectivity index (χ0) is 11.0. The SMILES string of the molecule is Clc1cccc2nc(C3CCCCS3)nn12. The Morgan fingerprint density at radius 3 is 3.06 bits per heavy atom. The fourth-order valence-corrected chi connectivity index (χ4v) is 3.41. The van der Waals surface area contributed by atoms with Crippen molar-refractivity contribution in [3.63, 3.8) is 0 Å². The minimum atomic E-state index is 0.449. The fourth-order valence-electron chi connectivity index (χ4n) is 1.97. The lowest BCUT2D eigenvalue weighted by atomic mass is 10.2. The lowest BCUT2D eigenvalue weighted by Gasteiger charge is -2.17. The second-order valence-corrected chi connectivity index (χ2v) is 5.64. The molecule has 2 aromatic heterocycles. The molecule has 1 aliphatic rings. The third-order valence-electron chi connectivity index (χ3n) is 2.80. The summed E-state index contributed by atoms with van der Waals surface area (Å²) < 4.78 is 1.71. The van der Waals surface area contributed by atoms with E-state index in [0.29, 0.717) is 10.4 Å². The molecule has 84 valence electrons. The molecule has 1 fully saturated rings. The molecule has 0 amide bonds. The smallest absolute Gasteiger partial charge is 0.164 e. The first-order valence-electron chi connectivity index (χ1n) is 5.47. The minimum Gasteiger partial charge on any atom is -0.211 e. The number of hydrogen-bond donors (Lipinski definition) is 0. The number of rotatable bonds is 1. The van der Waals surface area contributed by atoms with Crippen LogP contribution in [0.25, 0.3) is 5.65 Å². The molecule has 5 heteroatoms. The molecule has 1 saturated heterocycles. The van der Waals surface area contributed by atoms with Crippen molar-refractivity contribution in [2.75, 3.05) is 5.75 Å². The van der Waals surface area contributed by atoms with Gasteiger partial charge in [-0.2, -0.15) is 11.8 Å². The van der Waals surface area contributed by atoms with Crippen molar-refractivity contribution in [3.8, 4) is 0 Å². The lowest BCUT2D eigenvalue weighted by Crippen LogP contribution is -2.04. The summed E-state index contributed by atoms with van der Waals surface area (Å²) in [6.45, 7) is 0. The molecule has 0 spiro atoms. The van der Waals surface area contributed by atoms with Crippen molar-refractivity contribution in [3.05, 3.63) is 29.2 Å². The standard InChI is InChI=1S/C11H12ClN3S/c12-9-5-3-6-10-13-11(14-15(9)10)8-4-1-2-7-16-8/h3,5-6,8H,1-2,4,7H2. The Balaban J connectivity index is 2.01. The highest BCUT2D eigenvalue weighted by Gasteiger charge is 2.20. The highest BCUT2D eigenvalue weighted by molar-refractivity contribution is 7.99. The van der Waals surface area contributed by atoms with Gasteiger partial charge in [-0.05, 0) is 30.7 Å². The van der Waals surface area contributed by atoms with E-state index in [9.17, 15) is 0 Å². The van der Waals surface area contributed by atoms with Crippen LogP contribution in [0.2, 0.25) is 5.15 Å². The number of nitrogens with zero attached hydrogens (tertiary/aromatic N) is 3. The van der Waals surface area contributed by atoms with Gasteiger partial charge in [-0.15, -0.1) is 5.10 Å². The van der Waals surface area contributed by atoms with Crippen molar-refractivity contribution < 1.29 is 0 Å². The van der Waals surface area contributed by atoms with Gasteiger partial charge in [0.2, 0.25) is 0 Å². The number of thioether (sulfide) groups is 1. The highest BCUT2D eigenvalue weighted by Crippen LogP contribution is 2.36. The van der Waals surface area contributed by atoms with E-state index in [1.807, 2.05) is 30.0 Å². The Bertz CT molecular complexity index is 505. The van der Waals surface area contributed by atoms with E-state index in [-0.39, 0.29) is 0 Å². The zero-order valence-electron chi connectivity index (χ0n) is 8.77. The van der Waals surface area contributed by atoms with Gasteiger partial charge in [-0.1, -0.05) is 24.1 Å². The number of halogens is 1. The molecule has 0 radical (unpaired) electrons. The van der Waals surface area contributed by atoms with Crippen LogP contribution in [-0.4, -0.2) is 20.4 Å². The molecule has 1 aliphatic heterocycles. The monoisotopic (exact) mass is 253 g/mol. The summed E-state index contributed by atoms with van der Waals surface area (Å²) in [7, 11) is 0. The number of fused-ring (bicyclic) bond motifs is 1. The largest absolute Gasteiger partial charge is 0.211 e. The number of hydrogen-bond acceptors (Lipinski definition) is 3. The average molecular weight is 254 g/mol. The summed E-state index contributed by atoms with van der Waals surface area (Å²) in [4.78, 5) is 4.54. The van der Waals surface area contributed by atoms with E-state index in [4.69, 9.17) is 11.6 Å². The molecule has 0 aromatic carbocycles. The first-order chi connectivity index (χ1) is 7.84. The predicted octanol–water partition coefficient (Wildman–Crippen LogP) is 3.34. The molecule has 1 unspecified atom stereocenters. The van der Waals surface area contributed by atoms with Gasteiger partial charge in [0.15, 0.2) is 11.5 Å². The van der Waals surface area contributed by atoms with E-state index >= 15 is 0 Å². The van der Waals surface area contributed by atoms with Crippen LogP contribution in [0.1, 0.15) is 30.3 Å². The van der Waals surface area contributed by atoms with Crippen molar-refractivity contribution in [1.29, 1.82) is 0 Å². The first kappa shape index (κ1) is 10.4. The van der Waals surface area contributed by atoms with E-state index in [1.165, 1.54) is 25.0 Å². The normalized spacial score (nSPS) is 21.4. The molecule has 0 N–H and O–H groups in total. The predicted molar refractivity (Wildman–Crippen MR) is 67.0 cm³/mol. The van der Waals surface area contributed by atoms with Crippen molar-refractivity contribution in [1.82, 2.24) is 14.6 Å². The molecule has 3 heterocycles. The molecule has 0 saturated carbocycles. The van der Waals surface area contributed by atoms with Crippen LogP contribution in [0.3, 0.4) is 0 Å². The van der Waals surface area contributed by atoms with Crippen LogP contribution in [0.15, 0.2) is 18.2 Å². The topological polar surface area (TPSA) is 30.2 Å². The quantitative estimate of drug-likeness (QED) is 0.731. The summed E-state index contributed by atoms with van der Waals surface area (Å²) in [5.41, 5.74) is 0.841. The Morgan fingerprint density at radius 2 is 2.31 bits per heavy atom. The van der Waals surface area contributed by atoms with Crippen LogP contribution < -0.4 is 0 Å². The molecule has 0 bridgehead atoms. The Labute approximate surface area is 103 Å². The van der Waals surface area contributed by atoms with Crippen LogP contribution in [0.4, 0.5) is 0 Å². The van der Waals surface area contributed by atoms with Gasteiger partial charge < -0.3 is 0 Å². The van der Waals surface area contributed by atoms with Gasteiger partial charge in [0.05, 0.1) is 5.25 Å². The number of aromatic nitrogens is 3. The second-order valence-electron chi connectivity index (χ2n) is 3.94. The molecule has 3 nitrogen and oxygen atoms in total. The summed E-state index contributed by atoms with van der Waals surface area (Å²) in [5, 5.41) is 5.56. The van der Waals surface area contributed by atoms with Crippen molar-refractivity contribution in [2.45, 2.75) is 24.5 Å². The highest BCUT2D eigenvalue weighted by atomic mass is 35.5. The van der Waals surface area contributed by atoms with Gasteiger partial charge in [0.1, 0.15) is 5.15 Å². The fraction of sp³-hybridized carbons (Fsp3) is 0.455. The zero-order valence-corrected chi connectivity index (χ0v) is 10.3. The van der Waals surface area contributed by atoms with Gasteiger partial charge in [-0.3, -0.25) is 0 Å². The molecular formula is C11H12ClN3S. The van der Waals surface area contributed by atoms with E-state index < -0.39 is 0 Å². The molecule has 0 aliphatic carbocycles. The van der Waals surface area contributed by atoms with Gasteiger partial charge >= 0.3 is 0 Å². The van der Waals surface area contributed by atoms with E-state index in [0.717, 1.165) is 11.5 Å². The Hall–Kier alpha value is -0.740. The summed E-state index contributed by atoms with van der Waals surface area (Å²) in [6.07, 6.45) is 3.77. The number of pyridine rings is 1. The van der Waals surface area contributed by atoms with Crippen LogP contribution in [0, 0.1) is 0 Å². The van der Waals surface area contributed by atoms with E-state index in [1.54, 1.807) is 4.52 Å². The van der Waals surface area contributed by atoms with Gasteiger partial charge in [-0.25, -0.2) is 9.50 Å². The summed E-state index contributed by atoms with van der Waals surface area (Å²) >= 11 is 8.02. The first-order valence-corrected chi connectivity index (χ1v) is 6.90. The van der Waals surface area contributed by atoms with Crippen molar-refractivity contribution in [2.24, 2.45) is 0 Å².